The van der Waals surface area contributed by atoms with E-state index in [4.69, 9.17) is 33.2 Å². The van der Waals surface area contributed by atoms with Gasteiger partial charge < -0.3 is 105 Å². The fourth-order valence-electron chi connectivity index (χ4n) is 5.55. The average Bonchev–Trinajstić information content (AvgIpc) is 3.03. The SMILES string of the molecule is OC[C@H]1O[C@@H](O[C@H]2[C@H](O)[C@@H](O)[C@H](O[C@H]3[C@H](O)[C@@H](O)[C@H](O[C@H]4[C@H](O)[C@@H](O)[C@@H](O)O[C@@H]4CO)O[C@@H]3CO)O[C@@H]2CO)[C@H](O)[C@@H](O)[C@H]1O. The van der Waals surface area contributed by atoms with Crippen molar-refractivity contribution in [3.05, 3.63) is 0 Å². The largest absolute Gasteiger partial charge is 0.394 e. The lowest BCUT2D eigenvalue weighted by Gasteiger charge is -2.49. The van der Waals surface area contributed by atoms with Gasteiger partial charge >= 0.3 is 0 Å². The molecule has 0 aromatic heterocycles. The molecule has 0 unspecified atom stereocenters. The summed E-state index contributed by atoms with van der Waals surface area (Å²) in [6.45, 7) is -3.39. The molecule has 4 heterocycles. The van der Waals surface area contributed by atoms with Crippen LogP contribution in [0.3, 0.4) is 0 Å². The van der Waals surface area contributed by atoms with E-state index in [1.165, 1.54) is 0 Å². The van der Waals surface area contributed by atoms with Crippen LogP contribution in [0.15, 0.2) is 0 Å². The second kappa shape index (κ2) is 15.6. The molecule has 0 saturated carbocycles. The van der Waals surface area contributed by atoms with E-state index in [0.29, 0.717) is 0 Å². The van der Waals surface area contributed by atoms with Gasteiger partial charge in [-0.3, -0.25) is 0 Å². The minimum absolute atomic E-state index is 0.784. The van der Waals surface area contributed by atoms with Crippen LogP contribution in [-0.4, -0.2) is 221 Å². The predicted molar refractivity (Wildman–Crippen MR) is 134 cm³/mol. The van der Waals surface area contributed by atoms with Gasteiger partial charge in [0.15, 0.2) is 25.2 Å². The van der Waals surface area contributed by atoms with E-state index in [9.17, 15) is 71.5 Å². The van der Waals surface area contributed by atoms with Crippen LogP contribution in [0.4, 0.5) is 0 Å². The third-order valence-corrected chi connectivity index (χ3v) is 8.20. The molecule has 4 aliphatic rings. The molecule has 0 radical (unpaired) electrons. The second-order valence-electron chi connectivity index (χ2n) is 11.1. The van der Waals surface area contributed by atoms with Crippen LogP contribution < -0.4 is 0 Å². The van der Waals surface area contributed by atoms with E-state index in [1.807, 2.05) is 0 Å². The number of aliphatic hydroxyl groups excluding tert-OH is 14. The minimum atomic E-state index is -2.02. The van der Waals surface area contributed by atoms with Crippen LogP contribution in [-0.2, 0) is 33.2 Å². The molecule has 0 aromatic rings. The Labute approximate surface area is 254 Å². The lowest BCUT2D eigenvalue weighted by Crippen LogP contribution is -2.67. The van der Waals surface area contributed by atoms with Crippen molar-refractivity contribution in [3.8, 4) is 0 Å². The monoisotopic (exact) mass is 666 g/mol. The zero-order valence-corrected chi connectivity index (χ0v) is 23.5. The molecule has 0 amide bonds. The standard InChI is InChI=1S/C24H42O21/c25-1-5-9(29)10(30)15(35)22(40-5)44-19-7(3-27)42-24(17(37)12(19)32)45-20-8(4-28)41-23(16(36)13(20)33)43-18-6(2-26)39-21(38)14(34)11(18)31/h5-38H,1-4H2/t5-,6-,7-,8-,9+,10+,11-,12-,13-,14-,15-,16-,17-,18-,19-,20-,21+,22+,23+,24+/m1/s1. The molecule has 4 aliphatic heterocycles. The number of aliphatic hydroxyl groups is 14. The summed E-state index contributed by atoms with van der Waals surface area (Å²) in [6, 6.07) is 0. The summed E-state index contributed by atoms with van der Waals surface area (Å²) in [6.07, 6.45) is -35.3. The maximum atomic E-state index is 10.9. The lowest BCUT2D eigenvalue weighted by atomic mass is 9.95. The average molecular weight is 667 g/mol. The first-order chi connectivity index (χ1) is 21.3. The quantitative estimate of drug-likeness (QED) is 0.103. The van der Waals surface area contributed by atoms with Gasteiger partial charge in [-0.25, -0.2) is 0 Å². The molecule has 0 aromatic carbocycles. The molecule has 20 atom stereocenters. The maximum absolute atomic E-state index is 10.9. The van der Waals surface area contributed by atoms with Crippen molar-refractivity contribution in [3.63, 3.8) is 0 Å². The molecule has 0 spiro atoms. The molecular formula is C24H42O21. The van der Waals surface area contributed by atoms with Gasteiger partial charge in [0.05, 0.1) is 26.4 Å². The smallest absolute Gasteiger partial charge is 0.187 e. The van der Waals surface area contributed by atoms with Gasteiger partial charge in [0.25, 0.3) is 0 Å². The van der Waals surface area contributed by atoms with Crippen LogP contribution in [0.2, 0.25) is 0 Å². The highest BCUT2D eigenvalue weighted by Crippen LogP contribution is 2.34. The number of hydrogen-bond donors (Lipinski definition) is 14. The van der Waals surface area contributed by atoms with Gasteiger partial charge in [-0.15, -0.1) is 0 Å². The van der Waals surface area contributed by atoms with E-state index >= 15 is 0 Å². The normalized spacial score (nSPS) is 52.9. The van der Waals surface area contributed by atoms with Crippen LogP contribution >= 0.6 is 0 Å². The molecule has 45 heavy (non-hydrogen) atoms. The van der Waals surface area contributed by atoms with Crippen molar-refractivity contribution in [2.45, 2.75) is 123 Å². The number of ether oxygens (including phenoxy) is 7. The van der Waals surface area contributed by atoms with Crippen molar-refractivity contribution >= 4 is 0 Å². The van der Waals surface area contributed by atoms with Crippen LogP contribution in [0, 0.1) is 0 Å². The van der Waals surface area contributed by atoms with E-state index in [2.05, 4.69) is 0 Å². The number of hydrogen-bond acceptors (Lipinski definition) is 21. The predicted octanol–water partition coefficient (Wildman–Crippen LogP) is -9.75. The lowest BCUT2D eigenvalue weighted by molar-refractivity contribution is -0.387. The highest BCUT2D eigenvalue weighted by molar-refractivity contribution is 4.97. The third-order valence-electron chi connectivity index (χ3n) is 8.20. The van der Waals surface area contributed by atoms with Crippen molar-refractivity contribution in [2.24, 2.45) is 0 Å². The fraction of sp³-hybridized carbons (Fsp3) is 1.00. The first-order valence-corrected chi connectivity index (χ1v) is 14.1. The Hall–Kier alpha value is -0.840. The van der Waals surface area contributed by atoms with Gasteiger partial charge in [-0.05, 0) is 0 Å². The van der Waals surface area contributed by atoms with Crippen LogP contribution in [0.1, 0.15) is 0 Å². The van der Waals surface area contributed by atoms with E-state index < -0.39 is 149 Å². The van der Waals surface area contributed by atoms with E-state index in [0.717, 1.165) is 0 Å². The van der Waals surface area contributed by atoms with Gasteiger partial charge in [0, 0.05) is 0 Å². The second-order valence-corrected chi connectivity index (χ2v) is 11.1. The summed E-state index contributed by atoms with van der Waals surface area (Å²) in [4.78, 5) is 0. The summed E-state index contributed by atoms with van der Waals surface area (Å²) in [7, 11) is 0. The zero-order chi connectivity index (χ0) is 33.3. The van der Waals surface area contributed by atoms with E-state index in [1.54, 1.807) is 0 Å². The van der Waals surface area contributed by atoms with Gasteiger partial charge in [-0.2, -0.15) is 0 Å². The summed E-state index contributed by atoms with van der Waals surface area (Å²) in [5.41, 5.74) is 0. The molecule has 264 valence electrons. The molecule has 0 aliphatic carbocycles. The Morgan fingerprint density at radius 1 is 0.333 bits per heavy atom. The molecule has 14 N–H and O–H groups in total. The summed E-state index contributed by atoms with van der Waals surface area (Å²) >= 11 is 0. The van der Waals surface area contributed by atoms with E-state index in [-0.39, 0.29) is 0 Å². The van der Waals surface area contributed by atoms with Gasteiger partial charge in [-0.1, -0.05) is 0 Å². The minimum Gasteiger partial charge on any atom is -0.394 e. The fourth-order valence-corrected chi connectivity index (χ4v) is 5.55. The first-order valence-electron chi connectivity index (χ1n) is 14.1. The summed E-state index contributed by atoms with van der Waals surface area (Å²) < 4.78 is 37.7. The zero-order valence-electron chi connectivity index (χ0n) is 23.5. The van der Waals surface area contributed by atoms with Gasteiger partial charge in [0.2, 0.25) is 0 Å². The Balaban J connectivity index is 1.43. The topological polar surface area (TPSA) is 348 Å². The van der Waals surface area contributed by atoms with Crippen molar-refractivity contribution in [1.29, 1.82) is 0 Å². The van der Waals surface area contributed by atoms with Crippen LogP contribution in [0.5, 0.6) is 0 Å². The molecule has 21 heteroatoms. The maximum Gasteiger partial charge on any atom is 0.187 e. The molecule has 4 rings (SSSR count). The molecule has 0 bridgehead atoms. The highest BCUT2D eigenvalue weighted by Gasteiger charge is 2.55. The highest BCUT2D eigenvalue weighted by atomic mass is 16.8. The molecular weight excluding hydrogens is 624 g/mol. The molecule has 4 fully saturated rings. The van der Waals surface area contributed by atoms with Crippen molar-refractivity contribution < 1.29 is 105 Å². The summed E-state index contributed by atoms with van der Waals surface area (Å²) in [5.74, 6) is 0. The Kier molecular flexibility index (Phi) is 12.8. The molecule has 21 nitrogen and oxygen atoms in total. The Morgan fingerprint density at radius 2 is 0.644 bits per heavy atom. The first kappa shape index (κ1) is 37.0. The molecule has 4 saturated heterocycles. The van der Waals surface area contributed by atoms with Crippen LogP contribution in [0.25, 0.3) is 0 Å². The Morgan fingerprint density at radius 3 is 1.02 bits per heavy atom. The van der Waals surface area contributed by atoms with Gasteiger partial charge in [0.1, 0.15) is 97.7 Å². The number of rotatable bonds is 10. The third kappa shape index (κ3) is 7.44. The summed E-state index contributed by atoms with van der Waals surface area (Å²) in [5, 5.41) is 142. The van der Waals surface area contributed by atoms with Crippen molar-refractivity contribution in [2.75, 3.05) is 26.4 Å². The van der Waals surface area contributed by atoms with Crippen molar-refractivity contribution in [1.82, 2.24) is 0 Å². The Bertz CT molecular complexity index is 910.